The summed E-state index contributed by atoms with van der Waals surface area (Å²) in [5.41, 5.74) is 1.33. The number of carbonyl (C=O) groups excluding carboxylic acids is 1. The molecule has 0 aliphatic rings. The zero-order chi connectivity index (χ0) is 16.1. The summed E-state index contributed by atoms with van der Waals surface area (Å²) in [6.07, 6.45) is 0.186. The van der Waals surface area contributed by atoms with Crippen molar-refractivity contribution in [2.24, 2.45) is 0 Å². The fraction of sp³-hybridized carbons (Fsp3) is 0.235. The van der Waals surface area contributed by atoms with Crippen LogP contribution in [0.15, 0.2) is 42.5 Å². The molecule has 3 nitrogen and oxygen atoms in total. The van der Waals surface area contributed by atoms with Gasteiger partial charge in [0, 0.05) is 0 Å². The zero-order valence-corrected chi connectivity index (χ0v) is 12.4. The maximum atomic E-state index is 13.2. The van der Waals surface area contributed by atoms with Gasteiger partial charge in [-0.25, -0.2) is 8.78 Å². The summed E-state index contributed by atoms with van der Waals surface area (Å²) in [6, 6.07) is 10.4. The van der Waals surface area contributed by atoms with Crippen LogP contribution in [0, 0.1) is 11.6 Å². The number of ether oxygens (including phenoxy) is 1. The summed E-state index contributed by atoms with van der Waals surface area (Å²) in [5, 5.41) is 2.76. The summed E-state index contributed by atoms with van der Waals surface area (Å²) in [5.74, 6) is -1.35. The van der Waals surface area contributed by atoms with Gasteiger partial charge in [-0.1, -0.05) is 18.2 Å². The average molecular weight is 305 g/mol. The van der Waals surface area contributed by atoms with Crippen LogP contribution in [0.4, 0.5) is 8.78 Å². The number of halogens is 2. The molecule has 0 aromatic heterocycles. The van der Waals surface area contributed by atoms with Gasteiger partial charge in [0.15, 0.2) is 11.6 Å². The molecule has 1 atom stereocenters. The van der Waals surface area contributed by atoms with Crippen molar-refractivity contribution >= 4 is 5.91 Å². The van der Waals surface area contributed by atoms with Crippen molar-refractivity contribution in [3.05, 3.63) is 65.2 Å². The van der Waals surface area contributed by atoms with E-state index in [1.807, 2.05) is 6.07 Å². The molecule has 0 spiro atoms. The predicted octanol–water partition coefficient (Wildman–Crippen LogP) is 3.39. The molecule has 2 aromatic carbocycles. The van der Waals surface area contributed by atoms with E-state index in [1.165, 1.54) is 6.07 Å². The van der Waals surface area contributed by atoms with Crippen LogP contribution in [0.2, 0.25) is 0 Å². The number of rotatable bonds is 5. The number of methoxy groups -OCH3 is 1. The minimum Gasteiger partial charge on any atom is -0.497 e. The molecule has 0 heterocycles. The van der Waals surface area contributed by atoms with Crippen molar-refractivity contribution in [3.8, 4) is 5.75 Å². The van der Waals surface area contributed by atoms with E-state index in [2.05, 4.69) is 5.32 Å². The highest BCUT2D eigenvalue weighted by atomic mass is 19.2. The van der Waals surface area contributed by atoms with Gasteiger partial charge in [-0.3, -0.25) is 4.79 Å². The van der Waals surface area contributed by atoms with Crippen molar-refractivity contribution < 1.29 is 18.3 Å². The highest BCUT2D eigenvalue weighted by Crippen LogP contribution is 2.17. The molecule has 2 aromatic rings. The lowest BCUT2D eigenvalue weighted by atomic mass is 10.1. The molecule has 0 bridgehead atoms. The van der Waals surface area contributed by atoms with Crippen molar-refractivity contribution in [1.29, 1.82) is 0 Å². The molecule has 5 heteroatoms. The minimum atomic E-state index is -0.925. The monoisotopic (exact) mass is 305 g/mol. The van der Waals surface area contributed by atoms with Crippen LogP contribution in [0.5, 0.6) is 5.75 Å². The molecule has 1 unspecified atom stereocenters. The van der Waals surface area contributed by atoms with Crippen LogP contribution in [0.3, 0.4) is 0 Å². The molecule has 0 saturated heterocycles. The standard InChI is InChI=1S/C17H17F2NO2/c1-11(13-6-7-15(18)16(19)10-13)20-17(21)9-12-4-3-5-14(8-12)22-2/h3-8,10-11H,9H2,1-2H3,(H,20,21). The van der Waals surface area contributed by atoms with E-state index in [9.17, 15) is 13.6 Å². The average Bonchev–Trinajstić information content (AvgIpc) is 2.50. The Morgan fingerprint density at radius 3 is 2.64 bits per heavy atom. The third-order valence-electron chi connectivity index (χ3n) is 3.32. The second kappa shape index (κ2) is 7.02. The van der Waals surface area contributed by atoms with Gasteiger partial charge < -0.3 is 10.1 Å². The molecule has 0 aliphatic carbocycles. The SMILES string of the molecule is COc1cccc(CC(=O)NC(C)c2ccc(F)c(F)c2)c1. The molecule has 116 valence electrons. The predicted molar refractivity (Wildman–Crippen MR) is 79.6 cm³/mol. The molecular formula is C17H17F2NO2. The molecule has 1 amide bonds. The number of benzene rings is 2. The van der Waals surface area contributed by atoms with E-state index in [4.69, 9.17) is 4.74 Å². The topological polar surface area (TPSA) is 38.3 Å². The Morgan fingerprint density at radius 1 is 1.18 bits per heavy atom. The largest absolute Gasteiger partial charge is 0.497 e. The van der Waals surface area contributed by atoms with Gasteiger partial charge in [0.2, 0.25) is 5.91 Å². The molecular weight excluding hydrogens is 288 g/mol. The maximum Gasteiger partial charge on any atom is 0.224 e. The highest BCUT2D eigenvalue weighted by Gasteiger charge is 2.12. The number of nitrogens with one attached hydrogen (secondary N) is 1. The Balaban J connectivity index is 2.00. The number of hydrogen-bond donors (Lipinski definition) is 1. The van der Waals surface area contributed by atoms with Gasteiger partial charge in [0.05, 0.1) is 19.6 Å². The van der Waals surface area contributed by atoms with Gasteiger partial charge in [-0.2, -0.15) is 0 Å². The van der Waals surface area contributed by atoms with Gasteiger partial charge in [0.25, 0.3) is 0 Å². The van der Waals surface area contributed by atoms with Crippen LogP contribution in [0.25, 0.3) is 0 Å². The molecule has 1 N–H and O–H groups in total. The third-order valence-corrected chi connectivity index (χ3v) is 3.32. The van der Waals surface area contributed by atoms with Crippen molar-refractivity contribution in [2.45, 2.75) is 19.4 Å². The smallest absolute Gasteiger partial charge is 0.224 e. The lowest BCUT2D eigenvalue weighted by Gasteiger charge is -2.15. The van der Waals surface area contributed by atoms with Crippen LogP contribution in [-0.2, 0) is 11.2 Å². The van der Waals surface area contributed by atoms with Crippen LogP contribution >= 0.6 is 0 Å². The Labute approximate surface area is 127 Å². The summed E-state index contributed by atoms with van der Waals surface area (Å²) in [7, 11) is 1.56. The van der Waals surface area contributed by atoms with Crippen LogP contribution < -0.4 is 10.1 Å². The molecule has 0 radical (unpaired) electrons. The minimum absolute atomic E-state index is 0.186. The number of amides is 1. The first-order valence-corrected chi connectivity index (χ1v) is 6.87. The van der Waals surface area contributed by atoms with E-state index in [0.29, 0.717) is 11.3 Å². The number of carbonyl (C=O) groups is 1. The molecule has 2 rings (SSSR count). The van der Waals surface area contributed by atoms with Crippen molar-refractivity contribution in [3.63, 3.8) is 0 Å². The Bertz CT molecular complexity index is 673. The van der Waals surface area contributed by atoms with Gasteiger partial charge >= 0.3 is 0 Å². The third kappa shape index (κ3) is 4.04. The molecule has 0 saturated carbocycles. The Morgan fingerprint density at radius 2 is 1.95 bits per heavy atom. The molecule has 0 fully saturated rings. The summed E-state index contributed by atoms with van der Waals surface area (Å²) < 4.78 is 31.2. The molecule has 0 aliphatic heterocycles. The second-order valence-electron chi connectivity index (χ2n) is 4.99. The molecule has 22 heavy (non-hydrogen) atoms. The van der Waals surface area contributed by atoms with E-state index in [1.54, 1.807) is 32.2 Å². The zero-order valence-electron chi connectivity index (χ0n) is 12.4. The van der Waals surface area contributed by atoms with Gasteiger partial charge in [-0.05, 0) is 42.3 Å². The Kier molecular flexibility index (Phi) is 5.09. The Hall–Kier alpha value is -2.43. The first kappa shape index (κ1) is 15.9. The number of hydrogen-bond acceptors (Lipinski definition) is 2. The lowest BCUT2D eigenvalue weighted by molar-refractivity contribution is -0.121. The first-order chi connectivity index (χ1) is 10.5. The fourth-order valence-corrected chi connectivity index (χ4v) is 2.13. The van der Waals surface area contributed by atoms with Crippen LogP contribution in [0.1, 0.15) is 24.1 Å². The van der Waals surface area contributed by atoms with Crippen LogP contribution in [-0.4, -0.2) is 13.0 Å². The van der Waals surface area contributed by atoms with E-state index in [-0.39, 0.29) is 12.3 Å². The summed E-state index contributed by atoms with van der Waals surface area (Å²) in [4.78, 5) is 12.0. The van der Waals surface area contributed by atoms with Crippen molar-refractivity contribution in [2.75, 3.05) is 7.11 Å². The normalized spacial score (nSPS) is 11.8. The van der Waals surface area contributed by atoms with Crippen molar-refractivity contribution in [1.82, 2.24) is 5.32 Å². The second-order valence-corrected chi connectivity index (χ2v) is 4.99. The maximum absolute atomic E-state index is 13.2. The quantitative estimate of drug-likeness (QED) is 0.919. The summed E-state index contributed by atoms with van der Waals surface area (Å²) in [6.45, 7) is 1.72. The van der Waals surface area contributed by atoms with Gasteiger partial charge in [-0.15, -0.1) is 0 Å². The summed E-state index contributed by atoms with van der Waals surface area (Å²) >= 11 is 0. The van der Waals surface area contributed by atoms with E-state index >= 15 is 0 Å². The van der Waals surface area contributed by atoms with E-state index < -0.39 is 17.7 Å². The van der Waals surface area contributed by atoms with E-state index in [0.717, 1.165) is 17.7 Å². The lowest BCUT2D eigenvalue weighted by Crippen LogP contribution is -2.28. The highest BCUT2D eigenvalue weighted by molar-refractivity contribution is 5.79. The first-order valence-electron chi connectivity index (χ1n) is 6.87. The van der Waals surface area contributed by atoms with Gasteiger partial charge in [0.1, 0.15) is 5.75 Å². The fourth-order valence-electron chi connectivity index (χ4n) is 2.13.